The minimum absolute atomic E-state index is 0.0259. The Morgan fingerprint density at radius 3 is 2.70 bits per heavy atom. The first-order valence-corrected chi connectivity index (χ1v) is 11.8. The molecule has 4 aromatic rings. The second kappa shape index (κ2) is 9.25. The molecule has 0 atom stereocenters. The molecule has 2 heterocycles. The SMILES string of the molecule is CCCN1C(=O)c2ccccc2Sc2cc(-c3noc(/C=C/c4ccccc4Cl)n3)ccc21. The molecule has 0 saturated carbocycles. The zero-order valence-corrected chi connectivity index (χ0v) is 19.4. The van der Waals surface area contributed by atoms with E-state index in [1.54, 1.807) is 17.8 Å². The lowest BCUT2D eigenvalue weighted by Gasteiger charge is -2.22. The molecule has 3 aromatic carbocycles. The lowest BCUT2D eigenvalue weighted by molar-refractivity contribution is 0.0984. The van der Waals surface area contributed by atoms with Crippen molar-refractivity contribution >= 4 is 47.1 Å². The Balaban J connectivity index is 1.48. The molecule has 0 saturated heterocycles. The third-order valence-electron chi connectivity index (χ3n) is 5.29. The minimum atomic E-state index is 0.0259. The molecule has 0 N–H and O–H groups in total. The van der Waals surface area contributed by atoms with Gasteiger partial charge in [0.1, 0.15) is 0 Å². The highest BCUT2D eigenvalue weighted by atomic mass is 35.5. The van der Waals surface area contributed by atoms with Crippen molar-refractivity contribution in [3.05, 3.63) is 88.8 Å². The normalized spacial score (nSPS) is 13.2. The van der Waals surface area contributed by atoms with Crippen LogP contribution in [0.2, 0.25) is 5.02 Å². The Kier molecular flexibility index (Phi) is 6.03. The molecule has 0 aliphatic carbocycles. The van der Waals surface area contributed by atoms with Crippen LogP contribution in [0.1, 0.15) is 35.2 Å². The summed E-state index contributed by atoms with van der Waals surface area (Å²) >= 11 is 7.79. The number of carbonyl (C=O) groups is 1. The molecule has 5 nitrogen and oxygen atoms in total. The average molecular weight is 474 g/mol. The molecular formula is C26H20ClN3O2S. The first-order valence-electron chi connectivity index (χ1n) is 10.6. The van der Waals surface area contributed by atoms with E-state index in [0.29, 0.717) is 23.3 Å². The van der Waals surface area contributed by atoms with Crippen LogP contribution in [-0.4, -0.2) is 22.6 Å². The molecule has 0 bridgehead atoms. The van der Waals surface area contributed by atoms with Crippen molar-refractivity contribution in [1.29, 1.82) is 0 Å². The van der Waals surface area contributed by atoms with Gasteiger partial charge >= 0.3 is 0 Å². The highest BCUT2D eigenvalue weighted by Crippen LogP contribution is 2.42. The van der Waals surface area contributed by atoms with E-state index in [-0.39, 0.29) is 5.91 Å². The molecule has 7 heteroatoms. The molecule has 0 radical (unpaired) electrons. The molecule has 5 rings (SSSR count). The van der Waals surface area contributed by atoms with Gasteiger partial charge in [-0.3, -0.25) is 4.79 Å². The third kappa shape index (κ3) is 4.32. The second-order valence-corrected chi connectivity index (χ2v) is 9.04. The lowest BCUT2D eigenvalue weighted by Crippen LogP contribution is -2.31. The summed E-state index contributed by atoms with van der Waals surface area (Å²) in [5, 5.41) is 4.80. The van der Waals surface area contributed by atoms with E-state index in [2.05, 4.69) is 17.1 Å². The summed E-state index contributed by atoms with van der Waals surface area (Å²) in [6, 6.07) is 21.2. The van der Waals surface area contributed by atoms with Crippen LogP contribution in [0.15, 0.2) is 81.0 Å². The van der Waals surface area contributed by atoms with E-state index < -0.39 is 0 Å². The van der Waals surface area contributed by atoms with Crippen molar-refractivity contribution in [1.82, 2.24) is 10.1 Å². The molecular weight excluding hydrogens is 454 g/mol. The van der Waals surface area contributed by atoms with Gasteiger partial charge in [0.2, 0.25) is 5.82 Å². The van der Waals surface area contributed by atoms with Crippen LogP contribution in [0.3, 0.4) is 0 Å². The van der Waals surface area contributed by atoms with Gasteiger partial charge in [0.25, 0.3) is 11.8 Å². The smallest absolute Gasteiger partial charge is 0.259 e. The summed E-state index contributed by atoms with van der Waals surface area (Å²) in [7, 11) is 0. The molecule has 33 heavy (non-hydrogen) atoms. The van der Waals surface area contributed by atoms with Gasteiger partial charge in [0.05, 0.1) is 11.3 Å². The Morgan fingerprint density at radius 1 is 1.03 bits per heavy atom. The van der Waals surface area contributed by atoms with Crippen LogP contribution < -0.4 is 4.90 Å². The highest BCUT2D eigenvalue weighted by molar-refractivity contribution is 7.99. The molecule has 0 spiro atoms. The van der Waals surface area contributed by atoms with Crippen molar-refractivity contribution in [2.75, 3.05) is 11.4 Å². The van der Waals surface area contributed by atoms with Crippen molar-refractivity contribution in [2.45, 2.75) is 23.1 Å². The maximum Gasteiger partial charge on any atom is 0.259 e. The Bertz CT molecular complexity index is 1370. The fourth-order valence-corrected chi connectivity index (χ4v) is 5.02. The molecule has 1 aliphatic rings. The van der Waals surface area contributed by atoms with E-state index in [4.69, 9.17) is 16.1 Å². The Morgan fingerprint density at radius 2 is 1.85 bits per heavy atom. The Hall–Kier alpha value is -3.35. The third-order valence-corrected chi connectivity index (χ3v) is 6.76. The van der Waals surface area contributed by atoms with Gasteiger partial charge in [-0.05, 0) is 54.5 Å². The van der Waals surface area contributed by atoms with Crippen LogP contribution in [-0.2, 0) is 0 Å². The number of hydrogen-bond donors (Lipinski definition) is 0. The maximum atomic E-state index is 13.2. The number of amides is 1. The first-order chi connectivity index (χ1) is 16.1. The molecule has 1 amide bonds. The predicted octanol–water partition coefficient (Wildman–Crippen LogP) is 7.08. The largest absolute Gasteiger partial charge is 0.334 e. The zero-order valence-electron chi connectivity index (χ0n) is 17.9. The minimum Gasteiger partial charge on any atom is -0.334 e. The van der Waals surface area contributed by atoms with E-state index in [1.165, 1.54) is 0 Å². The number of hydrogen-bond acceptors (Lipinski definition) is 5. The fraction of sp³-hybridized carbons (Fsp3) is 0.115. The van der Waals surface area contributed by atoms with E-state index in [0.717, 1.165) is 38.6 Å². The number of fused-ring (bicyclic) bond motifs is 2. The van der Waals surface area contributed by atoms with Crippen molar-refractivity contribution in [3.63, 3.8) is 0 Å². The quantitative estimate of drug-likeness (QED) is 0.310. The number of halogens is 1. The van der Waals surface area contributed by atoms with Gasteiger partial charge in [-0.2, -0.15) is 4.98 Å². The average Bonchev–Trinajstić information content (AvgIpc) is 3.27. The first kappa shape index (κ1) is 21.5. The van der Waals surface area contributed by atoms with Crippen LogP contribution in [0.5, 0.6) is 0 Å². The van der Waals surface area contributed by atoms with Crippen molar-refractivity contribution in [2.24, 2.45) is 0 Å². The van der Waals surface area contributed by atoms with Gasteiger partial charge in [-0.15, -0.1) is 0 Å². The van der Waals surface area contributed by atoms with E-state index in [1.807, 2.05) is 77.7 Å². The van der Waals surface area contributed by atoms with Crippen molar-refractivity contribution < 1.29 is 9.32 Å². The topological polar surface area (TPSA) is 59.2 Å². The number of benzene rings is 3. The predicted molar refractivity (Wildman–Crippen MR) is 133 cm³/mol. The summed E-state index contributed by atoms with van der Waals surface area (Å²) < 4.78 is 5.42. The van der Waals surface area contributed by atoms with Crippen LogP contribution in [0.4, 0.5) is 5.69 Å². The van der Waals surface area contributed by atoms with Gasteiger partial charge in [-0.25, -0.2) is 0 Å². The Labute approximate surface area is 201 Å². The van der Waals surface area contributed by atoms with Crippen molar-refractivity contribution in [3.8, 4) is 11.4 Å². The lowest BCUT2D eigenvalue weighted by atomic mass is 10.1. The van der Waals surface area contributed by atoms with Gasteiger partial charge < -0.3 is 9.42 Å². The number of rotatable bonds is 5. The summed E-state index contributed by atoms with van der Waals surface area (Å²) in [6.07, 6.45) is 4.46. The molecule has 0 fully saturated rings. The van der Waals surface area contributed by atoms with E-state index in [9.17, 15) is 4.79 Å². The molecule has 0 unspecified atom stereocenters. The second-order valence-electron chi connectivity index (χ2n) is 7.55. The number of aromatic nitrogens is 2. The number of nitrogens with zero attached hydrogens (tertiary/aromatic N) is 3. The molecule has 1 aromatic heterocycles. The summed E-state index contributed by atoms with van der Waals surface area (Å²) in [5.74, 6) is 0.904. The van der Waals surface area contributed by atoms with Gasteiger partial charge in [-0.1, -0.05) is 65.8 Å². The molecule has 1 aliphatic heterocycles. The summed E-state index contributed by atoms with van der Waals surface area (Å²) in [6.45, 7) is 2.72. The van der Waals surface area contributed by atoms with Gasteiger partial charge in [0.15, 0.2) is 0 Å². The summed E-state index contributed by atoms with van der Waals surface area (Å²) in [5.41, 5.74) is 3.32. The van der Waals surface area contributed by atoms with Crippen LogP contribution >= 0.6 is 23.4 Å². The van der Waals surface area contributed by atoms with E-state index >= 15 is 0 Å². The maximum absolute atomic E-state index is 13.2. The van der Waals surface area contributed by atoms with Crippen LogP contribution in [0, 0.1) is 0 Å². The highest BCUT2D eigenvalue weighted by Gasteiger charge is 2.27. The fourth-order valence-electron chi connectivity index (χ4n) is 3.70. The standard InChI is InChI=1S/C26H20ClN3O2S/c1-2-15-30-21-13-11-18(16-23(21)33-22-10-6-4-8-19(22)26(30)31)25-28-24(32-29-25)14-12-17-7-3-5-9-20(17)27/h3-14,16H,2,15H2,1H3/b14-12+. The number of carbonyl (C=O) groups excluding carboxylic acids is 1. The monoisotopic (exact) mass is 473 g/mol. The van der Waals surface area contributed by atoms with Crippen LogP contribution in [0.25, 0.3) is 23.5 Å². The van der Waals surface area contributed by atoms with Gasteiger partial charge in [0, 0.05) is 33.0 Å². The number of anilines is 1. The zero-order chi connectivity index (χ0) is 22.8. The summed E-state index contributed by atoms with van der Waals surface area (Å²) in [4.78, 5) is 21.5. The molecule has 164 valence electrons.